The number of pyridine rings is 1. The second kappa shape index (κ2) is 7.27. The highest BCUT2D eigenvalue weighted by Gasteiger charge is 2.32. The first-order chi connectivity index (χ1) is 15.2. The summed E-state index contributed by atoms with van der Waals surface area (Å²) in [6.07, 6.45) is 1.58. The van der Waals surface area contributed by atoms with Gasteiger partial charge in [0.2, 0.25) is 6.79 Å². The third-order valence-electron chi connectivity index (χ3n) is 5.73. The van der Waals surface area contributed by atoms with Crippen molar-refractivity contribution in [2.75, 3.05) is 6.79 Å². The highest BCUT2D eigenvalue weighted by Crippen LogP contribution is 2.47. The fourth-order valence-corrected chi connectivity index (χ4v) is 4.12. The molecular weight excluding hydrogens is 418 g/mol. The van der Waals surface area contributed by atoms with Gasteiger partial charge in [-0.1, -0.05) is 6.07 Å². The smallest absolute Gasteiger partial charge is 0.256 e. The van der Waals surface area contributed by atoms with Crippen molar-refractivity contribution < 1.29 is 28.2 Å². The Kier molecular flexibility index (Phi) is 4.63. The first-order valence-electron chi connectivity index (χ1n) is 10.1. The summed E-state index contributed by atoms with van der Waals surface area (Å²) in [5, 5.41) is 10.4. The number of rotatable bonds is 4. The summed E-state index contributed by atoms with van der Waals surface area (Å²) in [5.41, 5.74) is 0.905. The van der Waals surface area contributed by atoms with E-state index < -0.39 is 17.2 Å². The number of amides is 1. The second-order valence-corrected chi connectivity index (χ2v) is 8.36. The molecule has 32 heavy (non-hydrogen) atoms. The molecule has 3 aromatic rings. The van der Waals surface area contributed by atoms with Crippen LogP contribution < -0.4 is 9.47 Å². The van der Waals surface area contributed by atoms with Crippen LogP contribution in [-0.4, -0.2) is 27.7 Å². The molecular formula is C24H20F2N2O4. The molecule has 2 aliphatic rings. The molecule has 3 heterocycles. The van der Waals surface area contributed by atoms with Crippen LogP contribution in [0.5, 0.6) is 11.5 Å². The van der Waals surface area contributed by atoms with Crippen molar-refractivity contribution in [3.63, 3.8) is 0 Å². The van der Waals surface area contributed by atoms with Crippen LogP contribution in [0.2, 0.25) is 0 Å². The molecule has 5 rings (SSSR count). The number of hydrogen-bond donors (Lipinski definition) is 1. The van der Waals surface area contributed by atoms with E-state index in [-0.39, 0.29) is 36.9 Å². The molecule has 8 heteroatoms. The number of hydrogen-bond acceptors (Lipinski definition) is 5. The van der Waals surface area contributed by atoms with Crippen molar-refractivity contribution in [2.45, 2.75) is 32.5 Å². The zero-order valence-electron chi connectivity index (χ0n) is 17.5. The molecule has 1 aromatic heterocycles. The molecule has 2 aromatic carbocycles. The van der Waals surface area contributed by atoms with E-state index >= 15 is 8.78 Å². The maximum absolute atomic E-state index is 15.0. The van der Waals surface area contributed by atoms with Gasteiger partial charge in [-0.25, -0.2) is 8.78 Å². The van der Waals surface area contributed by atoms with Gasteiger partial charge in [0.15, 0.2) is 11.5 Å². The lowest BCUT2D eigenvalue weighted by atomic mass is 9.93. The molecule has 0 saturated carbocycles. The molecule has 1 amide bonds. The minimum absolute atomic E-state index is 0.0514. The summed E-state index contributed by atoms with van der Waals surface area (Å²) in [6.45, 7) is 3.18. The van der Waals surface area contributed by atoms with Crippen LogP contribution >= 0.6 is 0 Å². The average molecular weight is 438 g/mol. The van der Waals surface area contributed by atoms with Gasteiger partial charge in [-0.15, -0.1) is 0 Å². The van der Waals surface area contributed by atoms with Gasteiger partial charge in [0.05, 0.1) is 29.9 Å². The van der Waals surface area contributed by atoms with Gasteiger partial charge in [-0.05, 0) is 49.7 Å². The van der Waals surface area contributed by atoms with E-state index in [0.29, 0.717) is 33.9 Å². The Morgan fingerprint density at radius 2 is 1.81 bits per heavy atom. The van der Waals surface area contributed by atoms with Crippen molar-refractivity contribution in [3.05, 3.63) is 76.6 Å². The van der Waals surface area contributed by atoms with Crippen LogP contribution in [0.15, 0.2) is 42.6 Å². The van der Waals surface area contributed by atoms with E-state index in [2.05, 4.69) is 4.98 Å². The topological polar surface area (TPSA) is 71.9 Å². The Morgan fingerprint density at radius 1 is 1.09 bits per heavy atom. The molecule has 0 saturated heterocycles. The number of ether oxygens (including phenoxy) is 2. The van der Waals surface area contributed by atoms with Gasteiger partial charge in [0.1, 0.15) is 11.6 Å². The van der Waals surface area contributed by atoms with Gasteiger partial charge >= 0.3 is 0 Å². The molecule has 2 aliphatic heterocycles. The summed E-state index contributed by atoms with van der Waals surface area (Å²) in [6, 6.07) is 9.03. The third kappa shape index (κ3) is 3.27. The summed E-state index contributed by atoms with van der Waals surface area (Å²) in [4.78, 5) is 18.1. The maximum atomic E-state index is 15.0. The zero-order chi connectivity index (χ0) is 22.6. The lowest BCUT2D eigenvalue weighted by Crippen LogP contribution is -2.24. The normalized spacial score (nSPS) is 14.8. The Morgan fingerprint density at radius 3 is 2.50 bits per heavy atom. The van der Waals surface area contributed by atoms with E-state index in [1.54, 1.807) is 44.3 Å². The van der Waals surface area contributed by atoms with E-state index in [1.807, 2.05) is 0 Å². The summed E-state index contributed by atoms with van der Waals surface area (Å²) in [7, 11) is 0. The number of carbonyl (C=O) groups excluding carboxylic acids is 1. The molecule has 0 radical (unpaired) electrons. The highest BCUT2D eigenvalue weighted by molar-refractivity contribution is 5.97. The van der Waals surface area contributed by atoms with Crippen molar-refractivity contribution in [1.82, 2.24) is 9.88 Å². The van der Waals surface area contributed by atoms with Gasteiger partial charge < -0.3 is 19.5 Å². The van der Waals surface area contributed by atoms with Crippen LogP contribution in [0.4, 0.5) is 8.78 Å². The quantitative estimate of drug-likeness (QED) is 0.663. The van der Waals surface area contributed by atoms with Gasteiger partial charge in [0.25, 0.3) is 5.91 Å². The Bertz CT molecular complexity index is 1230. The van der Waals surface area contributed by atoms with Crippen LogP contribution in [0.3, 0.4) is 0 Å². The Labute approximate surface area is 183 Å². The summed E-state index contributed by atoms with van der Waals surface area (Å²) in [5.74, 6) is -1.16. The number of nitrogens with zero attached hydrogens (tertiary/aromatic N) is 2. The molecule has 0 spiro atoms. The first kappa shape index (κ1) is 20.4. The first-order valence-corrected chi connectivity index (χ1v) is 10.1. The minimum Gasteiger partial charge on any atom is -0.453 e. The molecule has 0 fully saturated rings. The maximum Gasteiger partial charge on any atom is 0.256 e. The molecule has 164 valence electrons. The molecule has 6 nitrogen and oxygen atoms in total. The standard InChI is InChI=1S/C24H20F2N2O4/c1-24(2,30)17-6-5-14(21-22(17)32-12-31-21)13-8-18(25)16(19(26)9-13)10-28-11-20-15(23(28)29)4-3-7-27-20/h3-9,30H,10-12H2,1-2H3. The number of carbonyl (C=O) groups is 1. The number of benzene rings is 2. The number of aliphatic hydroxyl groups is 1. The number of halogens is 2. The fraction of sp³-hybridized carbons (Fsp3) is 0.250. The van der Waals surface area contributed by atoms with E-state index in [9.17, 15) is 9.90 Å². The van der Waals surface area contributed by atoms with Crippen molar-refractivity contribution >= 4 is 5.91 Å². The highest BCUT2D eigenvalue weighted by atomic mass is 19.1. The summed E-state index contributed by atoms with van der Waals surface area (Å²) < 4.78 is 41.1. The monoisotopic (exact) mass is 438 g/mol. The predicted octanol–water partition coefficient (Wildman–Crippen LogP) is 4.14. The van der Waals surface area contributed by atoms with Crippen molar-refractivity contribution in [2.24, 2.45) is 0 Å². The average Bonchev–Trinajstić information content (AvgIpc) is 3.34. The Balaban J connectivity index is 1.48. The second-order valence-electron chi connectivity index (χ2n) is 8.36. The van der Waals surface area contributed by atoms with E-state index in [4.69, 9.17) is 9.47 Å². The van der Waals surface area contributed by atoms with Crippen molar-refractivity contribution in [1.29, 1.82) is 0 Å². The van der Waals surface area contributed by atoms with Gasteiger partial charge in [-0.3, -0.25) is 9.78 Å². The molecule has 0 unspecified atom stereocenters. The third-order valence-corrected chi connectivity index (χ3v) is 5.73. The van der Waals surface area contributed by atoms with Crippen LogP contribution in [0.25, 0.3) is 11.1 Å². The lowest BCUT2D eigenvalue weighted by molar-refractivity contribution is 0.0741. The van der Waals surface area contributed by atoms with Crippen LogP contribution in [-0.2, 0) is 18.7 Å². The predicted molar refractivity (Wildman–Crippen MR) is 111 cm³/mol. The number of fused-ring (bicyclic) bond motifs is 2. The van der Waals surface area contributed by atoms with Crippen LogP contribution in [0, 0.1) is 11.6 Å². The SMILES string of the molecule is CC(C)(O)c1ccc(-c2cc(F)c(CN3Cc4ncccc4C3=O)c(F)c2)c2c1OCO2. The van der Waals surface area contributed by atoms with E-state index in [0.717, 1.165) is 0 Å². The minimum atomic E-state index is -1.18. The van der Waals surface area contributed by atoms with E-state index in [1.165, 1.54) is 17.0 Å². The van der Waals surface area contributed by atoms with Crippen LogP contribution in [0.1, 0.15) is 41.0 Å². The molecule has 0 aliphatic carbocycles. The number of aromatic nitrogens is 1. The van der Waals surface area contributed by atoms with Crippen molar-refractivity contribution in [3.8, 4) is 22.6 Å². The largest absolute Gasteiger partial charge is 0.453 e. The molecule has 0 bridgehead atoms. The van der Waals surface area contributed by atoms with Gasteiger partial charge in [-0.2, -0.15) is 0 Å². The molecule has 1 N–H and O–H groups in total. The van der Waals surface area contributed by atoms with Gasteiger partial charge in [0, 0.05) is 22.9 Å². The lowest BCUT2D eigenvalue weighted by Gasteiger charge is -2.21. The molecule has 0 atom stereocenters. The zero-order valence-corrected chi connectivity index (χ0v) is 17.5. The Hall–Kier alpha value is -3.52. The summed E-state index contributed by atoms with van der Waals surface area (Å²) >= 11 is 0. The fourth-order valence-electron chi connectivity index (χ4n) is 4.12.